The molecule has 0 aromatic carbocycles. The molecule has 0 unspecified atom stereocenters. The van der Waals surface area contributed by atoms with Crippen molar-refractivity contribution in [1.29, 1.82) is 0 Å². The molecule has 16 heavy (non-hydrogen) atoms. The van der Waals surface area contributed by atoms with Crippen LogP contribution in [0.4, 0.5) is 11.5 Å². The molecular weight excluding hydrogens is 222 g/mol. The molecule has 0 atom stereocenters. The third-order valence-corrected chi connectivity index (χ3v) is 3.85. The Morgan fingerprint density at radius 2 is 2.00 bits per heavy atom. The van der Waals surface area contributed by atoms with Crippen LogP contribution in [0, 0.1) is 5.41 Å². The highest BCUT2D eigenvalue weighted by Crippen LogP contribution is 2.33. The largest absolute Gasteiger partial charge is 0.381 e. The third kappa shape index (κ3) is 2.09. The average molecular weight is 240 g/mol. The summed E-state index contributed by atoms with van der Waals surface area (Å²) in [5.41, 5.74) is 1.32. The highest BCUT2D eigenvalue weighted by Gasteiger charge is 2.28. The number of nitrogens with one attached hydrogen (secondary N) is 2. The fourth-order valence-corrected chi connectivity index (χ4v) is 2.24. The monoisotopic (exact) mass is 239 g/mol. The first kappa shape index (κ1) is 11.5. The molecule has 1 aromatic heterocycles. The third-order valence-electron chi connectivity index (χ3n) is 3.64. The molecule has 0 saturated carbocycles. The summed E-state index contributed by atoms with van der Waals surface area (Å²) in [6.07, 6.45) is 4.00. The van der Waals surface area contributed by atoms with Gasteiger partial charge in [-0.15, -0.1) is 0 Å². The van der Waals surface area contributed by atoms with Crippen molar-refractivity contribution in [2.24, 2.45) is 5.41 Å². The molecule has 4 heteroatoms. The second-order valence-electron chi connectivity index (χ2n) is 4.46. The first-order chi connectivity index (χ1) is 7.69. The van der Waals surface area contributed by atoms with E-state index >= 15 is 0 Å². The Labute approximate surface area is 102 Å². The van der Waals surface area contributed by atoms with Crippen molar-refractivity contribution < 1.29 is 0 Å². The topological polar surface area (TPSA) is 37.0 Å². The Balaban J connectivity index is 2.24. The quantitative estimate of drug-likeness (QED) is 0.831. The minimum absolute atomic E-state index is 0.313. The molecule has 2 rings (SSSR count). The van der Waals surface area contributed by atoms with E-state index in [4.69, 9.17) is 11.6 Å². The number of nitrogens with zero attached hydrogens (tertiary/aromatic N) is 1. The molecule has 0 fully saturated rings. The molecule has 0 radical (unpaired) electrons. The van der Waals surface area contributed by atoms with Crippen LogP contribution in [0.15, 0.2) is 12.3 Å². The number of fused-ring (bicyclic) bond motifs is 1. The van der Waals surface area contributed by atoms with E-state index in [1.54, 1.807) is 6.20 Å². The van der Waals surface area contributed by atoms with Crippen molar-refractivity contribution in [3.8, 4) is 0 Å². The van der Waals surface area contributed by atoms with Crippen molar-refractivity contribution in [1.82, 2.24) is 4.98 Å². The first-order valence-corrected chi connectivity index (χ1v) is 6.20. The lowest BCUT2D eigenvalue weighted by atomic mass is 9.82. The second kappa shape index (κ2) is 4.50. The summed E-state index contributed by atoms with van der Waals surface area (Å²) >= 11 is 5.94. The standard InChI is InChI=1S/C12H18ClN3/c1-3-12(4-2)7-15-10-5-9(13)6-14-11(10)16-8-12/h5-6,15H,3-4,7-8H2,1-2H3,(H,14,16). The summed E-state index contributed by atoms with van der Waals surface area (Å²) < 4.78 is 0. The second-order valence-corrected chi connectivity index (χ2v) is 4.90. The highest BCUT2D eigenvalue weighted by molar-refractivity contribution is 6.30. The molecule has 2 N–H and O–H groups in total. The summed E-state index contributed by atoms with van der Waals surface area (Å²) in [6.45, 7) is 6.42. The van der Waals surface area contributed by atoms with Gasteiger partial charge in [0.1, 0.15) is 5.82 Å². The molecule has 2 heterocycles. The fourth-order valence-electron chi connectivity index (χ4n) is 2.08. The van der Waals surface area contributed by atoms with E-state index in [1.165, 1.54) is 0 Å². The minimum Gasteiger partial charge on any atom is -0.381 e. The maximum Gasteiger partial charge on any atom is 0.149 e. The van der Waals surface area contributed by atoms with Crippen LogP contribution in [0.25, 0.3) is 0 Å². The summed E-state index contributed by atoms with van der Waals surface area (Å²) in [6, 6.07) is 1.93. The van der Waals surface area contributed by atoms with Crippen LogP contribution in [-0.2, 0) is 0 Å². The van der Waals surface area contributed by atoms with E-state index in [2.05, 4.69) is 29.5 Å². The molecule has 0 amide bonds. The van der Waals surface area contributed by atoms with Gasteiger partial charge in [0.25, 0.3) is 0 Å². The zero-order chi connectivity index (χ0) is 11.6. The zero-order valence-corrected chi connectivity index (χ0v) is 10.6. The predicted molar refractivity (Wildman–Crippen MR) is 69.2 cm³/mol. The molecular formula is C12H18ClN3. The van der Waals surface area contributed by atoms with E-state index < -0.39 is 0 Å². The Kier molecular flexibility index (Phi) is 3.24. The van der Waals surface area contributed by atoms with Gasteiger partial charge in [-0.25, -0.2) is 4.98 Å². The number of rotatable bonds is 2. The van der Waals surface area contributed by atoms with Crippen molar-refractivity contribution in [3.05, 3.63) is 17.3 Å². The average Bonchev–Trinajstić information content (AvgIpc) is 2.49. The van der Waals surface area contributed by atoms with Gasteiger partial charge in [-0.2, -0.15) is 0 Å². The molecule has 1 aliphatic rings. The van der Waals surface area contributed by atoms with Crippen LogP contribution in [0.1, 0.15) is 26.7 Å². The van der Waals surface area contributed by atoms with Crippen LogP contribution in [0.3, 0.4) is 0 Å². The summed E-state index contributed by atoms with van der Waals surface area (Å²) in [5, 5.41) is 7.54. The van der Waals surface area contributed by atoms with Gasteiger partial charge in [-0.1, -0.05) is 25.4 Å². The number of aromatic nitrogens is 1. The van der Waals surface area contributed by atoms with Gasteiger partial charge in [0, 0.05) is 24.7 Å². The lowest BCUT2D eigenvalue weighted by Gasteiger charge is -2.29. The molecule has 88 valence electrons. The molecule has 0 saturated heterocycles. The number of hydrogen-bond donors (Lipinski definition) is 2. The molecule has 1 aromatic rings. The number of hydrogen-bond acceptors (Lipinski definition) is 3. The van der Waals surface area contributed by atoms with Gasteiger partial charge in [-0.3, -0.25) is 0 Å². The van der Waals surface area contributed by atoms with Gasteiger partial charge in [0.15, 0.2) is 0 Å². The van der Waals surface area contributed by atoms with Crippen molar-refractivity contribution in [2.75, 3.05) is 23.7 Å². The maximum atomic E-state index is 5.94. The van der Waals surface area contributed by atoms with Crippen LogP contribution in [-0.4, -0.2) is 18.1 Å². The zero-order valence-electron chi connectivity index (χ0n) is 9.81. The van der Waals surface area contributed by atoms with Crippen LogP contribution in [0.2, 0.25) is 5.02 Å². The molecule has 0 bridgehead atoms. The van der Waals surface area contributed by atoms with E-state index in [1.807, 2.05) is 6.07 Å². The number of anilines is 2. The highest BCUT2D eigenvalue weighted by atomic mass is 35.5. The SMILES string of the molecule is CCC1(CC)CNc2cc(Cl)cnc2NC1. The van der Waals surface area contributed by atoms with Gasteiger partial charge >= 0.3 is 0 Å². The Hall–Kier alpha value is -0.960. The van der Waals surface area contributed by atoms with Crippen LogP contribution in [0.5, 0.6) is 0 Å². The summed E-state index contributed by atoms with van der Waals surface area (Å²) in [5.74, 6) is 0.910. The first-order valence-electron chi connectivity index (χ1n) is 5.82. The van der Waals surface area contributed by atoms with Crippen molar-refractivity contribution >= 4 is 23.1 Å². The van der Waals surface area contributed by atoms with Crippen LogP contribution < -0.4 is 10.6 Å². The van der Waals surface area contributed by atoms with Crippen LogP contribution >= 0.6 is 11.6 Å². The van der Waals surface area contributed by atoms with Gasteiger partial charge in [0.2, 0.25) is 0 Å². The Morgan fingerprint density at radius 3 is 2.69 bits per heavy atom. The van der Waals surface area contributed by atoms with Crippen molar-refractivity contribution in [2.45, 2.75) is 26.7 Å². The Bertz CT molecular complexity index is 375. The summed E-state index contributed by atoms with van der Waals surface area (Å²) in [4.78, 5) is 4.31. The molecule has 3 nitrogen and oxygen atoms in total. The maximum absolute atomic E-state index is 5.94. The lowest BCUT2D eigenvalue weighted by molar-refractivity contribution is 0.307. The van der Waals surface area contributed by atoms with E-state index in [9.17, 15) is 0 Å². The minimum atomic E-state index is 0.313. The number of halogens is 1. The van der Waals surface area contributed by atoms with Gasteiger partial charge < -0.3 is 10.6 Å². The normalized spacial score (nSPS) is 17.9. The van der Waals surface area contributed by atoms with Gasteiger partial charge in [-0.05, 0) is 18.9 Å². The van der Waals surface area contributed by atoms with Crippen molar-refractivity contribution in [3.63, 3.8) is 0 Å². The fraction of sp³-hybridized carbons (Fsp3) is 0.583. The van der Waals surface area contributed by atoms with E-state index in [0.717, 1.165) is 37.4 Å². The summed E-state index contributed by atoms with van der Waals surface area (Å²) in [7, 11) is 0. The molecule has 0 spiro atoms. The lowest BCUT2D eigenvalue weighted by Crippen LogP contribution is -2.33. The molecule has 1 aliphatic heterocycles. The van der Waals surface area contributed by atoms with Gasteiger partial charge in [0.05, 0.1) is 10.7 Å². The Morgan fingerprint density at radius 1 is 1.31 bits per heavy atom. The van der Waals surface area contributed by atoms with E-state index in [-0.39, 0.29) is 0 Å². The predicted octanol–water partition coefficient (Wildman–Crippen LogP) is 3.38. The molecule has 0 aliphatic carbocycles. The smallest absolute Gasteiger partial charge is 0.149 e. The number of pyridine rings is 1. The van der Waals surface area contributed by atoms with E-state index in [0.29, 0.717) is 10.4 Å².